The number of carbonyl (C=O) groups is 1. The van der Waals surface area contributed by atoms with Crippen LogP contribution in [0, 0.1) is 0 Å². The van der Waals surface area contributed by atoms with Crippen LogP contribution in [0.15, 0.2) is 12.2 Å². The van der Waals surface area contributed by atoms with Crippen molar-refractivity contribution in [1.82, 2.24) is 0 Å². The van der Waals surface area contributed by atoms with E-state index in [9.17, 15) is 4.79 Å². The van der Waals surface area contributed by atoms with E-state index in [0.717, 1.165) is 0 Å². The van der Waals surface area contributed by atoms with Crippen LogP contribution >= 0.6 is 0 Å². The molecular weight excluding hydrogens is 212 g/mol. The third-order valence-corrected chi connectivity index (χ3v) is 1.75. The van der Waals surface area contributed by atoms with Gasteiger partial charge in [-0.05, 0) is 20.8 Å². The molecule has 0 bridgehead atoms. The van der Waals surface area contributed by atoms with Gasteiger partial charge in [0.05, 0.1) is 6.61 Å². The van der Waals surface area contributed by atoms with Crippen molar-refractivity contribution in [1.29, 1.82) is 0 Å². The van der Waals surface area contributed by atoms with Crippen LogP contribution in [0.4, 0.5) is 0 Å². The Labute approximate surface area is 96.3 Å². The Morgan fingerprint density at radius 1 is 1.50 bits per heavy atom. The van der Waals surface area contributed by atoms with E-state index in [2.05, 4.69) is 6.58 Å². The molecule has 2 unspecified atom stereocenters. The molecule has 0 aliphatic carbocycles. The van der Waals surface area contributed by atoms with Gasteiger partial charge in [0, 0.05) is 19.6 Å². The topological polar surface area (TPSA) is 54.0 Å². The van der Waals surface area contributed by atoms with Crippen molar-refractivity contribution in [2.75, 3.05) is 13.7 Å². The highest BCUT2D eigenvalue weighted by Gasteiger charge is 2.33. The van der Waals surface area contributed by atoms with Crippen LogP contribution < -0.4 is 0 Å². The van der Waals surface area contributed by atoms with Crippen LogP contribution in [0.5, 0.6) is 0 Å². The van der Waals surface area contributed by atoms with Crippen molar-refractivity contribution in [3.63, 3.8) is 0 Å². The van der Waals surface area contributed by atoms with Gasteiger partial charge < -0.3 is 14.2 Å². The molecule has 0 fully saturated rings. The highest BCUT2D eigenvalue weighted by Crippen LogP contribution is 2.19. The molecule has 0 aromatic heterocycles. The van der Waals surface area contributed by atoms with Crippen molar-refractivity contribution in [2.45, 2.75) is 40.0 Å². The molecule has 94 valence electrons. The number of ether oxygens (including phenoxy) is 4. The van der Waals surface area contributed by atoms with Gasteiger partial charge in [0.1, 0.15) is 0 Å². The SMILES string of the molecule is C=C(C)C(=O)OC(C)(OCC)OC(C)OC. The van der Waals surface area contributed by atoms with Gasteiger partial charge in [-0.1, -0.05) is 6.58 Å². The van der Waals surface area contributed by atoms with Gasteiger partial charge in [-0.3, -0.25) is 4.74 Å². The molecule has 5 nitrogen and oxygen atoms in total. The molecule has 0 amide bonds. The molecule has 2 atom stereocenters. The summed E-state index contributed by atoms with van der Waals surface area (Å²) in [4.78, 5) is 11.4. The Morgan fingerprint density at radius 3 is 2.44 bits per heavy atom. The first-order chi connectivity index (χ1) is 7.34. The average molecular weight is 232 g/mol. The maximum Gasteiger partial charge on any atom is 0.337 e. The zero-order valence-corrected chi connectivity index (χ0v) is 10.5. The van der Waals surface area contributed by atoms with Crippen molar-refractivity contribution in [3.05, 3.63) is 12.2 Å². The van der Waals surface area contributed by atoms with Crippen LogP contribution in [0.2, 0.25) is 0 Å². The standard InChI is InChI=1S/C11H20O5/c1-7-14-11(5,15-9(4)13-6)16-10(12)8(2)3/h9H,2,7H2,1,3-6H3. The summed E-state index contributed by atoms with van der Waals surface area (Å²) >= 11 is 0. The van der Waals surface area contributed by atoms with Crippen LogP contribution in [0.3, 0.4) is 0 Å². The Hall–Kier alpha value is -0.910. The summed E-state index contributed by atoms with van der Waals surface area (Å²) in [6, 6.07) is 0. The molecule has 16 heavy (non-hydrogen) atoms. The second-order valence-corrected chi connectivity index (χ2v) is 3.39. The van der Waals surface area contributed by atoms with Gasteiger partial charge in [0.15, 0.2) is 6.29 Å². The molecule has 0 rings (SSSR count). The maximum absolute atomic E-state index is 11.4. The minimum Gasteiger partial charge on any atom is -0.405 e. The molecule has 0 aliphatic heterocycles. The summed E-state index contributed by atoms with van der Waals surface area (Å²) in [5, 5.41) is 0. The Bertz CT molecular complexity index is 251. The number of rotatable bonds is 7. The normalized spacial score (nSPS) is 16.3. The van der Waals surface area contributed by atoms with Crippen molar-refractivity contribution in [3.8, 4) is 0 Å². The molecule has 0 aromatic carbocycles. The third-order valence-electron chi connectivity index (χ3n) is 1.75. The first kappa shape index (κ1) is 15.1. The lowest BCUT2D eigenvalue weighted by molar-refractivity contribution is -0.387. The first-order valence-electron chi connectivity index (χ1n) is 5.08. The zero-order valence-electron chi connectivity index (χ0n) is 10.5. The molecule has 0 N–H and O–H groups in total. The minimum atomic E-state index is -1.46. The van der Waals surface area contributed by atoms with Gasteiger partial charge in [0.25, 0.3) is 0 Å². The second kappa shape index (κ2) is 6.62. The summed E-state index contributed by atoms with van der Waals surface area (Å²) in [6.07, 6.45) is -0.547. The van der Waals surface area contributed by atoms with E-state index in [1.54, 1.807) is 20.8 Å². The third kappa shape index (κ3) is 5.25. The van der Waals surface area contributed by atoms with E-state index in [0.29, 0.717) is 6.61 Å². The quantitative estimate of drug-likeness (QED) is 0.381. The molecule has 0 radical (unpaired) electrons. The Balaban J connectivity index is 4.55. The van der Waals surface area contributed by atoms with Crippen LogP contribution in [0.25, 0.3) is 0 Å². The van der Waals surface area contributed by atoms with Gasteiger partial charge in [0.2, 0.25) is 0 Å². The molecule has 0 saturated carbocycles. The zero-order chi connectivity index (χ0) is 12.8. The number of esters is 1. The lowest BCUT2D eigenvalue weighted by Gasteiger charge is -2.30. The van der Waals surface area contributed by atoms with E-state index in [4.69, 9.17) is 18.9 Å². The number of methoxy groups -OCH3 is 1. The molecule has 0 heterocycles. The monoisotopic (exact) mass is 232 g/mol. The Kier molecular flexibility index (Phi) is 6.25. The molecular formula is C11H20O5. The molecule has 0 spiro atoms. The second-order valence-electron chi connectivity index (χ2n) is 3.39. The molecule has 0 aliphatic rings. The predicted molar refractivity (Wildman–Crippen MR) is 58.5 cm³/mol. The van der Waals surface area contributed by atoms with Crippen LogP contribution in [0.1, 0.15) is 27.7 Å². The fourth-order valence-corrected chi connectivity index (χ4v) is 0.955. The summed E-state index contributed by atoms with van der Waals surface area (Å²) in [5.41, 5.74) is 0.277. The predicted octanol–water partition coefficient (Wildman–Crippen LogP) is 1.82. The largest absolute Gasteiger partial charge is 0.405 e. The summed E-state index contributed by atoms with van der Waals surface area (Å²) < 4.78 is 20.5. The fourth-order valence-electron chi connectivity index (χ4n) is 0.955. The van der Waals surface area contributed by atoms with Gasteiger partial charge in [-0.2, -0.15) is 0 Å². The Morgan fingerprint density at radius 2 is 2.06 bits per heavy atom. The molecule has 5 heteroatoms. The van der Waals surface area contributed by atoms with Gasteiger partial charge in [-0.15, -0.1) is 0 Å². The van der Waals surface area contributed by atoms with E-state index in [1.807, 2.05) is 0 Å². The number of carbonyl (C=O) groups excluding carboxylic acids is 1. The van der Waals surface area contributed by atoms with E-state index >= 15 is 0 Å². The maximum atomic E-state index is 11.4. The fraction of sp³-hybridized carbons (Fsp3) is 0.727. The highest BCUT2D eigenvalue weighted by molar-refractivity contribution is 5.87. The van der Waals surface area contributed by atoms with Crippen LogP contribution in [-0.4, -0.2) is 31.9 Å². The lowest BCUT2D eigenvalue weighted by atomic mass is 10.4. The number of hydrogen-bond donors (Lipinski definition) is 0. The summed E-state index contributed by atoms with van der Waals surface area (Å²) in [5.74, 6) is -2.03. The van der Waals surface area contributed by atoms with E-state index in [1.165, 1.54) is 14.0 Å². The van der Waals surface area contributed by atoms with Gasteiger partial charge in [-0.25, -0.2) is 4.79 Å². The van der Waals surface area contributed by atoms with Crippen molar-refractivity contribution >= 4 is 5.97 Å². The molecule has 0 saturated heterocycles. The smallest absolute Gasteiger partial charge is 0.337 e. The van der Waals surface area contributed by atoms with E-state index < -0.39 is 18.2 Å². The average Bonchev–Trinajstić information content (AvgIpc) is 2.17. The van der Waals surface area contributed by atoms with Gasteiger partial charge >= 0.3 is 11.9 Å². The summed E-state index contributed by atoms with van der Waals surface area (Å²) in [7, 11) is 1.48. The molecule has 0 aromatic rings. The van der Waals surface area contributed by atoms with Crippen LogP contribution in [-0.2, 0) is 23.7 Å². The lowest BCUT2D eigenvalue weighted by Crippen LogP contribution is -2.41. The highest BCUT2D eigenvalue weighted by atomic mass is 16.9. The van der Waals surface area contributed by atoms with Crippen molar-refractivity contribution < 1.29 is 23.7 Å². The first-order valence-corrected chi connectivity index (χ1v) is 5.08. The van der Waals surface area contributed by atoms with E-state index in [-0.39, 0.29) is 5.57 Å². The van der Waals surface area contributed by atoms with Crippen molar-refractivity contribution in [2.24, 2.45) is 0 Å². The minimum absolute atomic E-state index is 0.277. The summed E-state index contributed by atoms with van der Waals surface area (Å²) in [6.45, 7) is 10.3. The number of hydrogen-bond acceptors (Lipinski definition) is 5.